The number of ether oxygens (including phenoxy) is 1. The summed E-state index contributed by atoms with van der Waals surface area (Å²) in [5, 5.41) is 14.3. The van der Waals surface area contributed by atoms with Crippen molar-refractivity contribution in [3.05, 3.63) is 29.8 Å². The monoisotopic (exact) mass is 264 g/mol. The van der Waals surface area contributed by atoms with Gasteiger partial charge in [0.1, 0.15) is 0 Å². The zero-order valence-electron chi connectivity index (χ0n) is 10.6. The van der Waals surface area contributed by atoms with Crippen molar-refractivity contribution in [2.45, 2.75) is 25.5 Å². The number of para-hydroxylation sites is 1. The number of carboxylic acid groups (broad SMARTS) is 1. The predicted molar refractivity (Wildman–Crippen MR) is 69.4 cm³/mol. The van der Waals surface area contributed by atoms with Crippen molar-refractivity contribution in [3.8, 4) is 0 Å². The van der Waals surface area contributed by atoms with E-state index in [0.29, 0.717) is 6.61 Å². The molecule has 3 N–H and O–H groups in total. The van der Waals surface area contributed by atoms with Crippen molar-refractivity contribution in [1.82, 2.24) is 5.32 Å². The third kappa shape index (κ3) is 3.23. The average Bonchev–Trinajstić information content (AvgIpc) is 2.75. The molecule has 1 aromatic rings. The lowest BCUT2D eigenvalue weighted by atomic mass is 10.1. The minimum Gasteiger partial charge on any atom is -0.478 e. The van der Waals surface area contributed by atoms with E-state index >= 15 is 0 Å². The molecule has 6 nitrogen and oxygen atoms in total. The van der Waals surface area contributed by atoms with Gasteiger partial charge in [0, 0.05) is 6.61 Å². The number of urea groups is 1. The van der Waals surface area contributed by atoms with Crippen LogP contribution in [-0.4, -0.2) is 35.9 Å². The molecule has 2 atom stereocenters. The number of hydrogen-bond donors (Lipinski definition) is 3. The molecule has 0 bridgehead atoms. The third-order valence-corrected chi connectivity index (χ3v) is 3.10. The first-order chi connectivity index (χ1) is 9.08. The van der Waals surface area contributed by atoms with E-state index in [1.54, 1.807) is 18.2 Å². The van der Waals surface area contributed by atoms with Crippen molar-refractivity contribution in [3.63, 3.8) is 0 Å². The van der Waals surface area contributed by atoms with Gasteiger partial charge in [0.15, 0.2) is 0 Å². The van der Waals surface area contributed by atoms with Crippen LogP contribution < -0.4 is 10.6 Å². The van der Waals surface area contributed by atoms with Gasteiger partial charge >= 0.3 is 12.0 Å². The lowest BCUT2D eigenvalue weighted by molar-refractivity contribution is 0.0698. The molecule has 0 aliphatic carbocycles. The Kier molecular flexibility index (Phi) is 4.01. The second-order valence-corrected chi connectivity index (χ2v) is 4.42. The minimum atomic E-state index is -1.08. The van der Waals surface area contributed by atoms with Crippen molar-refractivity contribution in [2.75, 3.05) is 11.9 Å². The Hall–Kier alpha value is -2.08. The van der Waals surface area contributed by atoms with Gasteiger partial charge in [0.25, 0.3) is 0 Å². The molecule has 1 aliphatic heterocycles. The van der Waals surface area contributed by atoms with Gasteiger partial charge in [-0.1, -0.05) is 12.1 Å². The summed E-state index contributed by atoms with van der Waals surface area (Å²) in [6.45, 7) is 2.51. The van der Waals surface area contributed by atoms with Crippen LogP contribution in [0.3, 0.4) is 0 Å². The van der Waals surface area contributed by atoms with Gasteiger partial charge in [-0.25, -0.2) is 9.59 Å². The number of anilines is 1. The summed E-state index contributed by atoms with van der Waals surface area (Å²) in [6.07, 6.45) is 0.732. The fraction of sp³-hybridized carbons (Fsp3) is 0.385. The smallest absolute Gasteiger partial charge is 0.337 e. The molecule has 6 heteroatoms. The number of carboxylic acids is 1. The van der Waals surface area contributed by atoms with Crippen LogP contribution in [0.15, 0.2) is 24.3 Å². The Bertz CT molecular complexity index is 489. The summed E-state index contributed by atoms with van der Waals surface area (Å²) in [5.41, 5.74) is 0.340. The molecular weight excluding hydrogens is 248 g/mol. The highest BCUT2D eigenvalue weighted by atomic mass is 16.5. The molecule has 1 heterocycles. The first-order valence-corrected chi connectivity index (χ1v) is 6.09. The largest absolute Gasteiger partial charge is 0.478 e. The van der Waals surface area contributed by atoms with E-state index in [9.17, 15) is 9.59 Å². The molecule has 1 fully saturated rings. The van der Waals surface area contributed by atoms with Gasteiger partial charge in [-0.3, -0.25) is 0 Å². The maximum Gasteiger partial charge on any atom is 0.337 e. The molecule has 1 aliphatic rings. The van der Waals surface area contributed by atoms with Gasteiger partial charge in [0.2, 0.25) is 0 Å². The highest BCUT2D eigenvalue weighted by Gasteiger charge is 2.25. The van der Waals surface area contributed by atoms with Crippen LogP contribution in [0.5, 0.6) is 0 Å². The highest BCUT2D eigenvalue weighted by molar-refractivity contribution is 6.00. The number of rotatable bonds is 3. The van der Waals surface area contributed by atoms with E-state index in [1.165, 1.54) is 6.07 Å². The number of amides is 2. The zero-order chi connectivity index (χ0) is 13.8. The standard InChI is InChI=1S/C13H16N2O4/c1-8-10(6-7-19-8)14-13(18)15-11-5-3-2-4-9(11)12(16)17/h2-5,8,10H,6-7H2,1H3,(H,16,17)(H2,14,15,18). The first-order valence-electron chi connectivity index (χ1n) is 6.09. The summed E-state index contributed by atoms with van der Waals surface area (Å²) in [7, 11) is 0. The summed E-state index contributed by atoms with van der Waals surface area (Å²) < 4.78 is 5.34. The van der Waals surface area contributed by atoms with Crippen LogP contribution in [-0.2, 0) is 4.74 Å². The number of nitrogens with one attached hydrogen (secondary N) is 2. The number of benzene rings is 1. The Morgan fingerprint density at radius 2 is 2.11 bits per heavy atom. The third-order valence-electron chi connectivity index (χ3n) is 3.10. The Labute approximate surface area is 110 Å². The molecule has 102 valence electrons. The van der Waals surface area contributed by atoms with E-state index in [2.05, 4.69) is 10.6 Å². The van der Waals surface area contributed by atoms with E-state index in [0.717, 1.165) is 6.42 Å². The fourth-order valence-electron chi connectivity index (χ4n) is 2.03. The summed E-state index contributed by atoms with van der Waals surface area (Å²) in [4.78, 5) is 22.8. The second-order valence-electron chi connectivity index (χ2n) is 4.42. The molecule has 2 rings (SSSR count). The number of carbonyl (C=O) groups is 2. The fourth-order valence-corrected chi connectivity index (χ4v) is 2.03. The van der Waals surface area contributed by atoms with Gasteiger partial charge in [-0.15, -0.1) is 0 Å². The van der Waals surface area contributed by atoms with Crippen LogP contribution in [0.4, 0.5) is 10.5 Å². The lowest BCUT2D eigenvalue weighted by Gasteiger charge is -2.17. The number of aromatic carboxylic acids is 1. The molecule has 0 aromatic heterocycles. The molecule has 1 aromatic carbocycles. The van der Waals surface area contributed by atoms with Crippen molar-refractivity contribution in [1.29, 1.82) is 0 Å². The highest BCUT2D eigenvalue weighted by Crippen LogP contribution is 2.16. The van der Waals surface area contributed by atoms with Crippen molar-refractivity contribution < 1.29 is 19.4 Å². The topological polar surface area (TPSA) is 87.7 Å². The minimum absolute atomic E-state index is 0.0273. The normalized spacial score (nSPS) is 21.9. The molecule has 19 heavy (non-hydrogen) atoms. The molecule has 2 amide bonds. The van der Waals surface area contributed by atoms with E-state index in [-0.39, 0.29) is 23.4 Å². The summed E-state index contributed by atoms with van der Waals surface area (Å²) >= 11 is 0. The van der Waals surface area contributed by atoms with Gasteiger partial charge in [-0.2, -0.15) is 0 Å². The molecule has 0 saturated carbocycles. The maximum atomic E-state index is 11.8. The zero-order valence-corrected chi connectivity index (χ0v) is 10.6. The molecular formula is C13H16N2O4. The second kappa shape index (κ2) is 5.71. The van der Waals surface area contributed by atoms with Gasteiger partial charge in [-0.05, 0) is 25.5 Å². The number of hydrogen-bond acceptors (Lipinski definition) is 3. The van der Waals surface area contributed by atoms with Crippen molar-refractivity contribution >= 4 is 17.7 Å². The quantitative estimate of drug-likeness (QED) is 0.775. The summed E-state index contributed by atoms with van der Waals surface area (Å²) in [6, 6.07) is 5.81. The van der Waals surface area contributed by atoms with Crippen LogP contribution in [0, 0.1) is 0 Å². The Morgan fingerprint density at radius 3 is 2.74 bits per heavy atom. The van der Waals surface area contributed by atoms with Gasteiger partial charge in [0.05, 0.1) is 23.4 Å². The predicted octanol–water partition coefficient (Wildman–Crippen LogP) is 1.68. The van der Waals surface area contributed by atoms with Crippen LogP contribution >= 0.6 is 0 Å². The van der Waals surface area contributed by atoms with E-state index in [4.69, 9.17) is 9.84 Å². The van der Waals surface area contributed by atoms with E-state index < -0.39 is 12.0 Å². The van der Waals surface area contributed by atoms with E-state index in [1.807, 2.05) is 6.92 Å². The Balaban J connectivity index is 2.01. The maximum absolute atomic E-state index is 11.8. The lowest BCUT2D eigenvalue weighted by Crippen LogP contribution is -2.41. The van der Waals surface area contributed by atoms with Crippen LogP contribution in [0.25, 0.3) is 0 Å². The molecule has 2 unspecified atom stereocenters. The van der Waals surface area contributed by atoms with Crippen molar-refractivity contribution in [2.24, 2.45) is 0 Å². The Morgan fingerprint density at radius 1 is 1.37 bits per heavy atom. The van der Waals surface area contributed by atoms with Crippen LogP contribution in [0.2, 0.25) is 0 Å². The first kappa shape index (κ1) is 13.4. The van der Waals surface area contributed by atoms with Gasteiger partial charge < -0.3 is 20.5 Å². The average molecular weight is 264 g/mol. The molecule has 0 spiro atoms. The summed E-state index contributed by atoms with van der Waals surface area (Å²) in [5.74, 6) is -1.08. The SMILES string of the molecule is CC1OCCC1NC(=O)Nc1ccccc1C(=O)O. The molecule has 1 saturated heterocycles. The van der Waals surface area contributed by atoms with Crippen LogP contribution in [0.1, 0.15) is 23.7 Å². The molecule has 0 radical (unpaired) electrons. The number of carbonyl (C=O) groups excluding carboxylic acids is 1.